The minimum atomic E-state index is 0.0358. The van der Waals surface area contributed by atoms with Crippen LogP contribution in [0.2, 0.25) is 0 Å². The third-order valence-electron chi connectivity index (χ3n) is 1.36. The minimum Gasteiger partial charge on any atom is -0.375 e. The molecule has 0 aromatic carbocycles. The van der Waals surface area contributed by atoms with Crippen molar-refractivity contribution < 1.29 is 4.74 Å². The molecule has 0 saturated carbocycles. The van der Waals surface area contributed by atoms with E-state index in [1.807, 2.05) is 19.1 Å². The van der Waals surface area contributed by atoms with Crippen LogP contribution in [0.4, 0.5) is 0 Å². The minimum absolute atomic E-state index is 0.0358. The summed E-state index contributed by atoms with van der Waals surface area (Å²) in [4.78, 5) is 0. The lowest BCUT2D eigenvalue weighted by atomic mass is 10.3. The van der Waals surface area contributed by atoms with Gasteiger partial charge in [-0.1, -0.05) is 0 Å². The molecule has 54 valence electrons. The van der Waals surface area contributed by atoms with Crippen molar-refractivity contribution >= 4 is 0 Å². The summed E-state index contributed by atoms with van der Waals surface area (Å²) in [5.41, 5.74) is 0.866. The van der Waals surface area contributed by atoms with E-state index in [4.69, 9.17) is 4.74 Å². The third-order valence-corrected chi connectivity index (χ3v) is 1.36. The molecule has 0 radical (unpaired) electrons. The average Bonchev–Trinajstić information content (AvgIpc) is 2.05. The van der Waals surface area contributed by atoms with Gasteiger partial charge in [-0.25, -0.2) is 0 Å². The first kappa shape index (κ1) is 7.15. The van der Waals surface area contributed by atoms with Crippen molar-refractivity contribution in [3.63, 3.8) is 0 Å². The van der Waals surface area contributed by atoms with Crippen LogP contribution in [0, 0.1) is 0 Å². The number of aromatic nitrogens is 2. The van der Waals surface area contributed by atoms with E-state index in [1.165, 1.54) is 0 Å². The Hall–Kier alpha value is -0.960. The van der Waals surface area contributed by atoms with Crippen LogP contribution >= 0.6 is 0 Å². The summed E-state index contributed by atoms with van der Waals surface area (Å²) in [5, 5.41) is 7.60. The molecular weight excluding hydrogens is 128 g/mol. The van der Waals surface area contributed by atoms with Gasteiger partial charge < -0.3 is 4.74 Å². The summed E-state index contributed by atoms with van der Waals surface area (Å²) < 4.78 is 5.03. The van der Waals surface area contributed by atoms with Crippen molar-refractivity contribution in [3.8, 4) is 0 Å². The van der Waals surface area contributed by atoms with Crippen LogP contribution < -0.4 is 0 Å². The monoisotopic (exact) mass is 138 g/mol. The first-order valence-electron chi connectivity index (χ1n) is 3.15. The lowest BCUT2D eigenvalue weighted by Crippen LogP contribution is -1.99. The van der Waals surface area contributed by atoms with Crippen molar-refractivity contribution in [2.75, 3.05) is 7.11 Å². The molecule has 1 aromatic heterocycles. The van der Waals surface area contributed by atoms with Crippen LogP contribution in [0.15, 0.2) is 18.3 Å². The molecule has 0 spiro atoms. The highest BCUT2D eigenvalue weighted by Crippen LogP contribution is 2.09. The van der Waals surface area contributed by atoms with E-state index >= 15 is 0 Å². The second kappa shape index (κ2) is 3.27. The zero-order valence-electron chi connectivity index (χ0n) is 6.11. The molecule has 1 heterocycles. The highest BCUT2D eigenvalue weighted by molar-refractivity contribution is 5.01. The molecule has 0 aliphatic rings. The lowest BCUT2D eigenvalue weighted by Gasteiger charge is -2.05. The molecular formula is C7H10N2O. The van der Waals surface area contributed by atoms with Gasteiger partial charge in [0, 0.05) is 13.3 Å². The summed E-state index contributed by atoms with van der Waals surface area (Å²) >= 11 is 0. The van der Waals surface area contributed by atoms with Crippen LogP contribution in [-0.4, -0.2) is 17.3 Å². The standard InChI is InChI=1S/C7H10N2O/c1-6(10-2)7-4-3-5-8-9-7/h3-6H,1-2H3/t6-/m1/s1. The SMILES string of the molecule is CO[C@H](C)c1cccnn1. The summed E-state index contributed by atoms with van der Waals surface area (Å²) in [6, 6.07) is 3.74. The summed E-state index contributed by atoms with van der Waals surface area (Å²) in [6.07, 6.45) is 1.68. The van der Waals surface area contributed by atoms with E-state index in [1.54, 1.807) is 13.3 Å². The van der Waals surface area contributed by atoms with Crippen molar-refractivity contribution in [2.45, 2.75) is 13.0 Å². The molecule has 3 heteroatoms. The molecule has 0 bridgehead atoms. The smallest absolute Gasteiger partial charge is 0.0981 e. The molecule has 0 unspecified atom stereocenters. The van der Waals surface area contributed by atoms with Gasteiger partial charge in [-0.05, 0) is 19.1 Å². The normalized spacial score (nSPS) is 13.0. The lowest BCUT2D eigenvalue weighted by molar-refractivity contribution is 0.115. The second-order valence-electron chi connectivity index (χ2n) is 2.03. The highest BCUT2D eigenvalue weighted by atomic mass is 16.5. The summed E-state index contributed by atoms with van der Waals surface area (Å²) in [5.74, 6) is 0. The Kier molecular flexibility index (Phi) is 2.34. The van der Waals surface area contributed by atoms with Crippen molar-refractivity contribution in [3.05, 3.63) is 24.0 Å². The van der Waals surface area contributed by atoms with Gasteiger partial charge in [0.25, 0.3) is 0 Å². The fourth-order valence-corrected chi connectivity index (χ4v) is 0.651. The molecule has 1 rings (SSSR count). The Morgan fingerprint density at radius 3 is 2.90 bits per heavy atom. The molecule has 1 aromatic rings. The molecule has 0 aliphatic carbocycles. The number of ether oxygens (including phenoxy) is 1. The molecule has 10 heavy (non-hydrogen) atoms. The van der Waals surface area contributed by atoms with Crippen LogP contribution in [0.5, 0.6) is 0 Å². The fourth-order valence-electron chi connectivity index (χ4n) is 0.651. The Labute approximate surface area is 60.0 Å². The third kappa shape index (κ3) is 1.51. The van der Waals surface area contributed by atoms with Crippen LogP contribution in [0.1, 0.15) is 18.7 Å². The van der Waals surface area contributed by atoms with Gasteiger partial charge >= 0.3 is 0 Å². The molecule has 0 amide bonds. The molecule has 0 saturated heterocycles. The largest absolute Gasteiger partial charge is 0.375 e. The Morgan fingerprint density at radius 1 is 1.60 bits per heavy atom. The van der Waals surface area contributed by atoms with Gasteiger partial charge in [0.05, 0.1) is 11.8 Å². The van der Waals surface area contributed by atoms with Crippen LogP contribution in [-0.2, 0) is 4.74 Å². The van der Waals surface area contributed by atoms with Crippen LogP contribution in [0.25, 0.3) is 0 Å². The van der Waals surface area contributed by atoms with E-state index in [0.717, 1.165) is 5.69 Å². The Balaban J connectivity index is 2.75. The number of rotatable bonds is 2. The van der Waals surface area contributed by atoms with Gasteiger partial charge in [0.15, 0.2) is 0 Å². The first-order chi connectivity index (χ1) is 4.84. The number of nitrogens with zero attached hydrogens (tertiary/aromatic N) is 2. The van der Waals surface area contributed by atoms with E-state index < -0.39 is 0 Å². The van der Waals surface area contributed by atoms with Crippen LogP contribution in [0.3, 0.4) is 0 Å². The maximum atomic E-state index is 5.03. The average molecular weight is 138 g/mol. The number of hydrogen-bond donors (Lipinski definition) is 0. The van der Waals surface area contributed by atoms with E-state index in [0.29, 0.717) is 0 Å². The number of methoxy groups -OCH3 is 1. The predicted molar refractivity (Wildman–Crippen MR) is 37.5 cm³/mol. The van der Waals surface area contributed by atoms with Crippen molar-refractivity contribution in [1.82, 2.24) is 10.2 Å². The van der Waals surface area contributed by atoms with Gasteiger partial charge in [0.2, 0.25) is 0 Å². The molecule has 0 aliphatic heterocycles. The van der Waals surface area contributed by atoms with Crippen molar-refractivity contribution in [2.24, 2.45) is 0 Å². The Morgan fingerprint density at radius 2 is 2.40 bits per heavy atom. The molecule has 3 nitrogen and oxygen atoms in total. The van der Waals surface area contributed by atoms with Gasteiger partial charge in [-0.3, -0.25) is 0 Å². The highest BCUT2D eigenvalue weighted by Gasteiger charge is 2.02. The zero-order chi connectivity index (χ0) is 7.40. The maximum Gasteiger partial charge on any atom is 0.0981 e. The van der Waals surface area contributed by atoms with E-state index in [-0.39, 0.29) is 6.10 Å². The van der Waals surface area contributed by atoms with E-state index in [9.17, 15) is 0 Å². The van der Waals surface area contributed by atoms with Gasteiger partial charge in [-0.2, -0.15) is 10.2 Å². The zero-order valence-corrected chi connectivity index (χ0v) is 6.11. The first-order valence-corrected chi connectivity index (χ1v) is 3.15. The summed E-state index contributed by atoms with van der Waals surface area (Å²) in [7, 11) is 1.65. The topological polar surface area (TPSA) is 35.0 Å². The Bertz CT molecular complexity index is 188. The van der Waals surface area contributed by atoms with Gasteiger partial charge in [-0.15, -0.1) is 0 Å². The quantitative estimate of drug-likeness (QED) is 0.615. The summed E-state index contributed by atoms with van der Waals surface area (Å²) in [6.45, 7) is 1.93. The fraction of sp³-hybridized carbons (Fsp3) is 0.429. The van der Waals surface area contributed by atoms with E-state index in [2.05, 4.69) is 10.2 Å². The van der Waals surface area contributed by atoms with Gasteiger partial charge in [0.1, 0.15) is 0 Å². The molecule has 0 N–H and O–H groups in total. The maximum absolute atomic E-state index is 5.03. The number of hydrogen-bond acceptors (Lipinski definition) is 3. The second-order valence-corrected chi connectivity index (χ2v) is 2.03. The molecule has 1 atom stereocenters. The van der Waals surface area contributed by atoms with Crippen molar-refractivity contribution in [1.29, 1.82) is 0 Å². The predicted octanol–water partition coefficient (Wildman–Crippen LogP) is 1.18. The molecule has 0 fully saturated rings.